The molecule has 3 N–H and O–H groups in total. The van der Waals surface area contributed by atoms with Crippen LogP contribution in [0.15, 0.2) is 46.4 Å². The number of amides is 3. The molecule has 0 bridgehead atoms. The van der Waals surface area contributed by atoms with Crippen LogP contribution in [0.4, 0.5) is 15.8 Å². The molecule has 330 valence electrons. The summed E-state index contributed by atoms with van der Waals surface area (Å²) in [5.41, 5.74) is 0.990. The molecule has 22 heteroatoms. The van der Waals surface area contributed by atoms with Gasteiger partial charge in [0.15, 0.2) is 39.6 Å². The van der Waals surface area contributed by atoms with E-state index in [1.807, 2.05) is 5.32 Å². The number of carbonyl (C=O) groups excluding carboxylic acids is 6. The van der Waals surface area contributed by atoms with Crippen LogP contribution in [0.5, 0.6) is 5.75 Å². The first-order chi connectivity index (χ1) is 28.4. The van der Waals surface area contributed by atoms with E-state index in [4.69, 9.17) is 32.8 Å². The number of terminal acetylenes is 1. The van der Waals surface area contributed by atoms with Gasteiger partial charge in [-0.1, -0.05) is 17.5 Å². The van der Waals surface area contributed by atoms with Crippen molar-refractivity contribution in [1.82, 2.24) is 5.32 Å². The van der Waals surface area contributed by atoms with Crippen LogP contribution in [-0.2, 0) is 54.1 Å². The number of Topliss-reactive ketones (excluding diaryl/α,β-unsaturated/α-hetero) is 3. The Bertz CT molecular complexity index is 2300. The van der Waals surface area contributed by atoms with E-state index in [0.717, 1.165) is 36.1 Å². The van der Waals surface area contributed by atoms with Crippen molar-refractivity contribution >= 4 is 92.3 Å². The summed E-state index contributed by atoms with van der Waals surface area (Å²) >= 11 is 5.94. The Kier molecular flexibility index (Phi) is 18.1. The lowest BCUT2D eigenvalue weighted by atomic mass is 9.82. The molecule has 1 saturated carbocycles. The molecule has 0 radical (unpaired) electrons. The number of nitrogens with zero attached hydrogens (tertiary/aromatic N) is 2. The van der Waals surface area contributed by atoms with Crippen LogP contribution >= 0.6 is 19.2 Å². The topological polar surface area (TPSA) is 262 Å². The van der Waals surface area contributed by atoms with Gasteiger partial charge in [0.2, 0.25) is 0 Å². The fourth-order valence-electron chi connectivity index (χ4n) is 6.19. The number of halogens is 2. The number of nitrogens with one attached hydrogen (secondary N) is 1. The number of hydrogen-bond donors (Lipinski definition) is 3. The highest BCUT2D eigenvalue weighted by Crippen LogP contribution is 2.42. The van der Waals surface area contributed by atoms with Crippen molar-refractivity contribution in [2.24, 2.45) is 5.92 Å². The zero-order valence-electron chi connectivity index (χ0n) is 33.5. The van der Waals surface area contributed by atoms with Gasteiger partial charge in [-0.05, 0) is 67.3 Å². The van der Waals surface area contributed by atoms with Gasteiger partial charge in [-0.3, -0.25) is 43.8 Å². The van der Waals surface area contributed by atoms with Gasteiger partial charge in [0.1, 0.15) is 19.3 Å². The summed E-state index contributed by atoms with van der Waals surface area (Å²) in [6, 6.07) is 6.01. The Morgan fingerprint density at radius 1 is 1.00 bits per heavy atom. The number of fused-ring (bicyclic) bond motifs is 1. The van der Waals surface area contributed by atoms with E-state index in [1.54, 1.807) is 0 Å². The zero-order valence-corrected chi connectivity index (χ0v) is 36.8. The molecular weight excluding hydrogens is 884 g/mol. The Balaban J connectivity index is 0.000000253. The lowest BCUT2D eigenvalue weighted by Gasteiger charge is -2.29. The molecule has 2 heterocycles. The highest BCUT2D eigenvalue weighted by atomic mass is 35.5. The first-order valence-corrected chi connectivity index (χ1v) is 24.7. The maximum atomic E-state index is 14.7. The number of ether oxygens (including phenoxy) is 1. The average Bonchev–Trinajstić information content (AvgIpc) is 3.40. The molecule has 2 aromatic carbocycles. The smallest absolute Gasteiger partial charge is 0.317 e. The van der Waals surface area contributed by atoms with Crippen molar-refractivity contribution in [3.05, 3.63) is 57.9 Å². The Labute approximate surface area is 359 Å². The molecule has 6 rings (SSSR count). The van der Waals surface area contributed by atoms with Crippen LogP contribution in [-0.4, -0.2) is 110 Å². The van der Waals surface area contributed by atoms with Crippen molar-refractivity contribution < 1.29 is 70.6 Å². The molecule has 1 fully saturated rings. The normalized spacial score (nSPS) is 17.3. The van der Waals surface area contributed by atoms with Crippen molar-refractivity contribution in [3.8, 4) is 18.1 Å². The lowest BCUT2D eigenvalue weighted by Crippen LogP contribution is -2.39. The fraction of sp³-hybridized carbons (Fsp3) is 0.410. The van der Waals surface area contributed by atoms with Crippen molar-refractivity contribution in [3.63, 3.8) is 0 Å². The minimum Gasteiger partial charge on any atom is -0.778 e. The van der Waals surface area contributed by atoms with Gasteiger partial charge in [0.25, 0.3) is 17.7 Å². The maximum absolute atomic E-state index is 14.7. The van der Waals surface area contributed by atoms with E-state index in [-0.39, 0.29) is 64.5 Å². The number of hydrogen-bond acceptors (Lipinski definition) is 13. The summed E-state index contributed by atoms with van der Waals surface area (Å²) in [6.07, 6.45) is 15.8. The molecule has 1 atom stereocenters. The zero-order chi connectivity index (χ0) is 46.0. The molecular formula is C39H44ClFN3O14PS2. The van der Waals surface area contributed by atoms with E-state index >= 15 is 0 Å². The minimum atomic E-state index is -4.35. The highest BCUT2D eigenvalue weighted by molar-refractivity contribution is 7.94. The Morgan fingerprint density at radius 2 is 1.56 bits per heavy atom. The van der Waals surface area contributed by atoms with Gasteiger partial charge in [-0.2, -0.15) is 0 Å². The third-order valence-electron chi connectivity index (χ3n) is 8.83. The number of aliphatic carboxylic acids is 1. The summed E-state index contributed by atoms with van der Waals surface area (Å²) in [5.74, 6) is -3.54. The van der Waals surface area contributed by atoms with Crippen LogP contribution < -0.4 is 24.7 Å². The average molecular weight is 928 g/mol. The molecule has 3 amide bonds. The Hall–Kier alpha value is -4.74. The van der Waals surface area contributed by atoms with Gasteiger partial charge in [-0.25, -0.2) is 17.7 Å². The van der Waals surface area contributed by atoms with Crippen LogP contribution in [0, 0.1) is 24.1 Å². The van der Waals surface area contributed by atoms with E-state index in [0.29, 0.717) is 41.3 Å². The standard InChI is InChI=1S/C19H15FN2O4.C14H13ClO5S.C3H8NO5P.C3H9S/c1-2-7-21-15-9-14(13(20)8-16(15)26-10-17(21)23)22-18(24)11-5-3-4-6-12(11)19(22)25;1-21(19,20)8-5-6-9(10(15)7-8)14(18)13-11(16)3-2-4-12(13)17;5-3(6)1-4-2-10(7,8)9;1-4(2)3/h1,8-9H,3-7,10H2;5-7,13H,2-4H2,1H3;4H,1-2H2,(H,5,6)(H2,7,8,9);1-3H3/q;;;+1/p-1. The number of rotatable bonds is 9. The first-order valence-electron chi connectivity index (χ1n) is 18.2. The molecule has 2 aliphatic carbocycles. The maximum Gasteiger partial charge on any atom is 0.317 e. The van der Waals surface area contributed by atoms with Crippen LogP contribution in [0.25, 0.3) is 0 Å². The van der Waals surface area contributed by atoms with Crippen molar-refractivity contribution in [2.45, 2.75) is 49.8 Å². The van der Waals surface area contributed by atoms with E-state index in [2.05, 4.69) is 24.7 Å². The van der Waals surface area contributed by atoms with Crippen LogP contribution in [0.3, 0.4) is 0 Å². The third-order valence-corrected chi connectivity index (χ3v) is 10.9. The van der Waals surface area contributed by atoms with E-state index in [1.165, 1.54) is 23.1 Å². The van der Waals surface area contributed by atoms with Gasteiger partial charge < -0.3 is 24.2 Å². The summed E-state index contributed by atoms with van der Waals surface area (Å²) in [5, 5.41) is 9.90. The van der Waals surface area contributed by atoms with Gasteiger partial charge >= 0.3 is 5.97 Å². The molecule has 4 aliphatic rings. The molecule has 61 heavy (non-hydrogen) atoms. The number of sulfone groups is 1. The second-order valence-corrected chi connectivity index (χ2v) is 20.7. The molecule has 0 spiro atoms. The van der Waals surface area contributed by atoms with E-state index < -0.39 is 77.1 Å². The van der Waals surface area contributed by atoms with E-state index in [9.17, 15) is 55.8 Å². The third kappa shape index (κ3) is 13.9. The molecule has 2 aliphatic heterocycles. The second-order valence-electron chi connectivity index (χ2n) is 14.2. The van der Waals surface area contributed by atoms with Gasteiger partial charge in [0, 0.05) is 41.9 Å². The number of carbonyl (C=O) groups is 7. The highest BCUT2D eigenvalue weighted by Gasteiger charge is 2.42. The summed E-state index contributed by atoms with van der Waals surface area (Å²) in [7, 11) is -7.15. The van der Waals surface area contributed by atoms with Crippen molar-refractivity contribution in [2.75, 3.05) is 60.8 Å². The number of anilines is 2. The first kappa shape index (κ1) is 50.6. The molecule has 0 aromatic heterocycles. The number of carboxylic acids is 1. The largest absolute Gasteiger partial charge is 0.778 e. The molecule has 2 aromatic rings. The SMILES string of the molecule is C#CCN1C(=O)COc2cc(F)c(N3C(=O)C4=C(CCCC4)C3=O)cc21.CS(=O)(=O)c1ccc(C(=O)C2C(=O)CCCC2=O)c(Cl)c1.C[S+](C)C.O=C(O)CNCP(=O)([O-])O. The summed E-state index contributed by atoms with van der Waals surface area (Å²) < 4.78 is 52.7. The summed E-state index contributed by atoms with van der Waals surface area (Å²) in [4.78, 5) is 103. The van der Waals surface area contributed by atoms with Crippen LogP contribution in [0.2, 0.25) is 5.02 Å². The minimum absolute atomic E-state index is 0.00216. The number of ketones is 3. The quantitative estimate of drug-likeness (QED) is 0.0815. The second kappa shape index (κ2) is 21.9. The monoisotopic (exact) mass is 927 g/mol. The molecule has 1 unspecified atom stereocenters. The number of imide groups is 1. The lowest BCUT2D eigenvalue weighted by molar-refractivity contribution is -0.193. The number of benzene rings is 2. The van der Waals surface area contributed by atoms with Gasteiger partial charge in [0.05, 0.1) is 59.4 Å². The molecule has 17 nitrogen and oxygen atoms in total. The van der Waals surface area contributed by atoms with Crippen LogP contribution in [0.1, 0.15) is 55.3 Å². The fourth-order valence-corrected chi connectivity index (χ4v) is 7.57. The predicted octanol–water partition coefficient (Wildman–Crippen LogP) is 2.45. The molecule has 0 saturated heterocycles. The van der Waals surface area contributed by atoms with Crippen molar-refractivity contribution in [1.29, 1.82) is 0 Å². The summed E-state index contributed by atoms with van der Waals surface area (Å²) in [6.45, 7) is -0.741. The number of carboxylic acid groups (broad SMARTS) is 1. The Morgan fingerprint density at radius 3 is 2.03 bits per heavy atom. The predicted molar refractivity (Wildman–Crippen MR) is 223 cm³/mol. The van der Waals surface area contributed by atoms with Gasteiger partial charge in [-0.15, -0.1) is 6.42 Å².